The van der Waals surface area contributed by atoms with Crippen molar-refractivity contribution >= 4 is 13.4 Å². The minimum Gasteiger partial charge on any atom is -0.324 e. The Morgan fingerprint density at radius 2 is 1.81 bits per heavy atom. The second-order valence-electron chi connectivity index (χ2n) is 4.15. The maximum Gasteiger partial charge on any atom is 0.332 e. The Balaban J connectivity index is 3.66. The number of rotatable bonds is 6. The topological polar surface area (TPSA) is 74.6 Å². The Morgan fingerprint density at radius 1 is 1.25 bits per heavy atom. The normalized spacial score (nSPS) is 11.1. The van der Waals surface area contributed by atoms with Crippen molar-refractivity contribution in [1.29, 1.82) is 0 Å². The fourth-order valence-corrected chi connectivity index (χ4v) is 1.67. The SMILES string of the molecule is CC(C)CCC#CCCC(=O)CP(=O)(O)O. The van der Waals surface area contributed by atoms with Crippen molar-refractivity contribution in [2.45, 2.75) is 39.5 Å². The number of ketones is 1. The van der Waals surface area contributed by atoms with Gasteiger partial charge in [-0.1, -0.05) is 13.8 Å². The summed E-state index contributed by atoms with van der Waals surface area (Å²) in [7, 11) is -4.19. The lowest BCUT2D eigenvalue weighted by atomic mass is 10.1. The standard InChI is InChI=1S/C11H19O4P/c1-10(2)7-5-3-4-6-8-11(12)9-16(13,14)15/h10H,5-9H2,1-2H3,(H2,13,14,15). The molecule has 0 spiro atoms. The highest BCUT2D eigenvalue weighted by Crippen LogP contribution is 2.34. The molecule has 0 aromatic heterocycles. The molecule has 0 aliphatic carbocycles. The van der Waals surface area contributed by atoms with Gasteiger partial charge in [0.25, 0.3) is 0 Å². The van der Waals surface area contributed by atoms with E-state index in [1.54, 1.807) is 0 Å². The molecule has 0 bridgehead atoms. The smallest absolute Gasteiger partial charge is 0.324 e. The van der Waals surface area contributed by atoms with Crippen molar-refractivity contribution in [3.63, 3.8) is 0 Å². The summed E-state index contributed by atoms with van der Waals surface area (Å²) >= 11 is 0. The first-order chi connectivity index (χ1) is 7.31. The van der Waals surface area contributed by atoms with Crippen LogP contribution < -0.4 is 0 Å². The first kappa shape index (κ1) is 15.4. The zero-order valence-corrected chi connectivity index (χ0v) is 10.7. The third-order valence-corrected chi connectivity index (χ3v) is 2.65. The lowest BCUT2D eigenvalue weighted by Gasteiger charge is -2.00. The summed E-state index contributed by atoms with van der Waals surface area (Å²) in [6.07, 6.45) is 1.69. The van der Waals surface area contributed by atoms with Crippen molar-refractivity contribution in [2.24, 2.45) is 5.92 Å². The van der Waals surface area contributed by atoms with Crippen LogP contribution in [0.4, 0.5) is 0 Å². The molecule has 0 aliphatic heterocycles. The largest absolute Gasteiger partial charge is 0.332 e. The number of hydrogen-bond acceptors (Lipinski definition) is 2. The van der Waals surface area contributed by atoms with Crippen molar-refractivity contribution in [3.05, 3.63) is 0 Å². The Morgan fingerprint density at radius 3 is 2.31 bits per heavy atom. The Bertz CT molecular complexity index is 319. The van der Waals surface area contributed by atoms with Crippen LogP contribution in [0.5, 0.6) is 0 Å². The van der Waals surface area contributed by atoms with Crippen LogP contribution in [0, 0.1) is 17.8 Å². The lowest BCUT2D eigenvalue weighted by molar-refractivity contribution is -0.116. The van der Waals surface area contributed by atoms with Gasteiger partial charge in [-0.3, -0.25) is 9.36 Å². The molecule has 92 valence electrons. The molecule has 0 saturated heterocycles. The third kappa shape index (κ3) is 11.5. The van der Waals surface area contributed by atoms with Gasteiger partial charge in [0.2, 0.25) is 0 Å². The second-order valence-corrected chi connectivity index (χ2v) is 5.79. The minimum atomic E-state index is -4.19. The first-order valence-electron chi connectivity index (χ1n) is 5.33. The fourth-order valence-electron chi connectivity index (χ4n) is 1.05. The summed E-state index contributed by atoms with van der Waals surface area (Å²) in [4.78, 5) is 28.1. The van der Waals surface area contributed by atoms with Crippen molar-refractivity contribution in [1.82, 2.24) is 0 Å². The molecule has 0 heterocycles. The summed E-state index contributed by atoms with van der Waals surface area (Å²) in [6.45, 7) is 4.23. The van der Waals surface area contributed by atoms with Gasteiger partial charge in [0.05, 0.1) is 0 Å². The van der Waals surface area contributed by atoms with Crippen LogP contribution in [-0.4, -0.2) is 21.7 Å². The zero-order valence-electron chi connectivity index (χ0n) is 9.77. The molecule has 0 saturated carbocycles. The van der Waals surface area contributed by atoms with Gasteiger partial charge in [0.1, 0.15) is 11.9 Å². The molecular formula is C11H19O4P. The van der Waals surface area contributed by atoms with E-state index < -0.39 is 19.5 Å². The fraction of sp³-hybridized carbons (Fsp3) is 0.727. The molecule has 5 heteroatoms. The molecule has 0 aromatic carbocycles. The maximum absolute atomic E-state index is 11.0. The van der Waals surface area contributed by atoms with E-state index >= 15 is 0 Å². The molecule has 0 atom stereocenters. The van der Waals surface area contributed by atoms with Crippen LogP contribution in [0.1, 0.15) is 39.5 Å². The van der Waals surface area contributed by atoms with Crippen molar-refractivity contribution in [3.8, 4) is 11.8 Å². The van der Waals surface area contributed by atoms with Gasteiger partial charge >= 0.3 is 7.60 Å². The molecule has 16 heavy (non-hydrogen) atoms. The third-order valence-electron chi connectivity index (χ3n) is 1.88. The molecular weight excluding hydrogens is 227 g/mol. The first-order valence-corrected chi connectivity index (χ1v) is 7.13. The Hall–Kier alpha value is -0.620. The van der Waals surface area contributed by atoms with Gasteiger partial charge in [0, 0.05) is 19.3 Å². The van der Waals surface area contributed by atoms with Crippen LogP contribution >= 0.6 is 7.60 Å². The highest BCUT2D eigenvalue weighted by Gasteiger charge is 2.17. The van der Waals surface area contributed by atoms with E-state index in [0.29, 0.717) is 12.3 Å². The number of Topliss-reactive ketones (excluding diaryl/α,β-unsaturated/α-hetero) is 1. The monoisotopic (exact) mass is 246 g/mol. The van der Waals surface area contributed by atoms with Crippen LogP contribution in [0.25, 0.3) is 0 Å². The van der Waals surface area contributed by atoms with Crippen LogP contribution in [0.2, 0.25) is 0 Å². The molecule has 0 aromatic rings. The highest BCUT2D eigenvalue weighted by atomic mass is 31.2. The van der Waals surface area contributed by atoms with E-state index in [-0.39, 0.29) is 6.42 Å². The van der Waals surface area contributed by atoms with Gasteiger partial charge in [-0.15, -0.1) is 11.8 Å². The molecule has 4 nitrogen and oxygen atoms in total. The summed E-state index contributed by atoms with van der Waals surface area (Å²) in [5.74, 6) is 5.96. The predicted octanol–water partition coefficient (Wildman–Crippen LogP) is 1.95. The highest BCUT2D eigenvalue weighted by molar-refractivity contribution is 7.52. The van der Waals surface area contributed by atoms with E-state index in [9.17, 15) is 9.36 Å². The summed E-state index contributed by atoms with van der Waals surface area (Å²) in [5.41, 5.74) is 0. The van der Waals surface area contributed by atoms with Gasteiger partial charge in [-0.2, -0.15) is 0 Å². The molecule has 0 fully saturated rings. The summed E-state index contributed by atoms with van der Waals surface area (Å²) < 4.78 is 10.5. The van der Waals surface area contributed by atoms with E-state index in [1.807, 2.05) is 0 Å². The van der Waals surface area contributed by atoms with E-state index in [1.165, 1.54) is 0 Å². The van der Waals surface area contributed by atoms with Gasteiger partial charge < -0.3 is 9.79 Å². The molecule has 0 radical (unpaired) electrons. The van der Waals surface area contributed by atoms with E-state index in [4.69, 9.17) is 9.79 Å². The minimum absolute atomic E-state index is 0.125. The average Bonchev–Trinajstić information content (AvgIpc) is 2.07. The zero-order chi connectivity index (χ0) is 12.6. The molecule has 2 N–H and O–H groups in total. The predicted molar refractivity (Wildman–Crippen MR) is 63.0 cm³/mol. The van der Waals surface area contributed by atoms with Crippen LogP contribution in [0.3, 0.4) is 0 Å². The van der Waals surface area contributed by atoms with Crippen molar-refractivity contribution < 1.29 is 19.1 Å². The number of carbonyl (C=O) groups is 1. The molecule has 0 rings (SSSR count). The number of hydrogen-bond donors (Lipinski definition) is 2. The molecule has 0 amide bonds. The second kappa shape index (κ2) is 7.62. The van der Waals surface area contributed by atoms with E-state index in [2.05, 4.69) is 25.7 Å². The van der Waals surface area contributed by atoms with Crippen LogP contribution in [-0.2, 0) is 9.36 Å². The molecule has 0 aliphatic rings. The molecule has 0 unspecified atom stereocenters. The van der Waals surface area contributed by atoms with Crippen LogP contribution in [0.15, 0.2) is 0 Å². The number of carbonyl (C=O) groups excluding carboxylic acids is 1. The van der Waals surface area contributed by atoms with Gasteiger partial charge in [0.15, 0.2) is 0 Å². The van der Waals surface area contributed by atoms with E-state index in [0.717, 1.165) is 12.8 Å². The van der Waals surface area contributed by atoms with Crippen molar-refractivity contribution in [2.75, 3.05) is 6.16 Å². The Kier molecular flexibility index (Phi) is 7.33. The lowest BCUT2D eigenvalue weighted by Crippen LogP contribution is -2.04. The van der Waals surface area contributed by atoms with Gasteiger partial charge in [-0.25, -0.2) is 0 Å². The van der Waals surface area contributed by atoms with Gasteiger partial charge in [-0.05, 0) is 12.3 Å². The quantitative estimate of drug-likeness (QED) is 0.555. The maximum atomic E-state index is 11.0. The summed E-state index contributed by atoms with van der Waals surface area (Å²) in [6, 6.07) is 0. The average molecular weight is 246 g/mol. The Labute approximate surface area is 96.6 Å². The summed E-state index contributed by atoms with van der Waals surface area (Å²) in [5, 5.41) is 0.